The Kier molecular flexibility index (Phi) is 5.49. The summed E-state index contributed by atoms with van der Waals surface area (Å²) in [6.45, 7) is 1.97. The van der Waals surface area contributed by atoms with Gasteiger partial charge in [-0.1, -0.05) is 0 Å². The van der Waals surface area contributed by atoms with Crippen molar-refractivity contribution in [3.05, 3.63) is 24.0 Å². The molecule has 27 heavy (non-hydrogen) atoms. The topological polar surface area (TPSA) is 111 Å². The molecule has 0 aromatic heterocycles. The van der Waals surface area contributed by atoms with Crippen molar-refractivity contribution in [1.29, 1.82) is 0 Å². The van der Waals surface area contributed by atoms with Crippen LogP contribution in [-0.2, 0) is 4.74 Å². The highest BCUT2D eigenvalue weighted by atomic mass is 32.1. The van der Waals surface area contributed by atoms with Crippen LogP contribution in [0.2, 0.25) is 0 Å². The van der Waals surface area contributed by atoms with E-state index < -0.39 is 24.1 Å². The molecule has 2 aliphatic rings. The molecule has 2 fully saturated rings. The van der Waals surface area contributed by atoms with Gasteiger partial charge in [0.05, 0.1) is 24.5 Å². The van der Waals surface area contributed by atoms with Crippen molar-refractivity contribution in [2.75, 3.05) is 49.1 Å². The van der Waals surface area contributed by atoms with Crippen LogP contribution in [0.4, 0.5) is 25.4 Å². The number of nitrogens with one attached hydrogen (secondary N) is 1. The van der Waals surface area contributed by atoms with Gasteiger partial charge in [-0.25, -0.2) is 14.0 Å². The van der Waals surface area contributed by atoms with Crippen LogP contribution in [0.25, 0.3) is 0 Å². The number of amides is 2. The number of hydrogen-bond donors (Lipinski definition) is 3. The van der Waals surface area contributed by atoms with Crippen LogP contribution in [0.5, 0.6) is 0 Å². The number of carbonyl (C=O) groups excluding carboxylic acids is 1. The average Bonchev–Trinajstić information content (AvgIpc) is 3.01. The highest BCUT2D eigenvalue weighted by Crippen LogP contribution is 2.28. The lowest BCUT2D eigenvalue weighted by atomic mass is 10.2. The Hall–Kier alpha value is -2.82. The summed E-state index contributed by atoms with van der Waals surface area (Å²) in [4.78, 5) is 27.4. The number of ether oxygens (including phenoxy) is 1. The molecule has 0 spiro atoms. The number of nitrogens with zero attached hydrogens (tertiary/aromatic N) is 3. The van der Waals surface area contributed by atoms with E-state index in [1.165, 1.54) is 15.9 Å². The first-order chi connectivity index (χ1) is 12.8. The minimum absolute atomic E-state index is 0.114. The van der Waals surface area contributed by atoms with Crippen molar-refractivity contribution >= 4 is 40.9 Å². The van der Waals surface area contributed by atoms with Crippen molar-refractivity contribution in [3.63, 3.8) is 0 Å². The van der Waals surface area contributed by atoms with Crippen LogP contribution in [0.1, 0.15) is 0 Å². The second-order valence-electron chi connectivity index (χ2n) is 6.25. The maximum absolute atomic E-state index is 14.6. The molecule has 0 bridgehead atoms. The molecule has 146 valence electrons. The number of rotatable bonds is 4. The van der Waals surface area contributed by atoms with E-state index in [0.29, 0.717) is 37.6 Å². The monoisotopic (exact) mass is 397 g/mol. The summed E-state index contributed by atoms with van der Waals surface area (Å²) in [5.41, 5.74) is 6.13. The van der Waals surface area contributed by atoms with Gasteiger partial charge in [-0.15, -0.1) is 0 Å². The van der Waals surface area contributed by atoms with E-state index in [4.69, 9.17) is 27.8 Å². The first-order valence-corrected chi connectivity index (χ1v) is 8.80. The lowest BCUT2D eigenvalue weighted by molar-refractivity contribution is 0.141. The number of cyclic esters (lactones) is 1. The number of carbonyl (C=O) groups is 2. The fourth-order valence-corrected chi connectivity index (χ4v) is 3.20. The van der Waals surface area contributed by atoms with Crippen molar-refractivity contribution < 1.29 is 23.8 Å². The van der Waals surface area contributed by atoms with Gasteiger partial charge in [0.1, 0.15) is 11.9 Å². The van der Waals surface area contributed by atoms with Gasteiger partial charge in [0.2, 0.25) is 0 Å². The summed E-state index contributed by atoms with van der Waals surface area (Å²) in [6.07, 6.45) is -1.98. The molecule has 0 aliphatic carbocycles. The van der Waals surface area contributed by atoms with Gasteiger partial charge < -0.3 is 30.7 Å². The standard InChI is InChI=1S/C16H20FN5O4S/c17-12-7-10(22-9-11(26-16(22)25)8-19-14(18)27)1-2-13(12)20-3-5-21(6-4-20)15(23)24/h1-2,7,11H,3-6,8-9H2,(H,23,24)(H3,18,19,27)/t11-/m0/s1. The van der Waals surface area contributed by atoms with E-state index in [0.717, 1.165) is 0 Å². The van der Waals surface area contributed by atoms with Gasteiger partial charge in [0.15, 0.2) is 5.11 Å². The number of nitrogens with two attached hydrogens (primary N) is 1. The van der Waals surface area contributed by atoms with Crippen LogP contribution in [0.3, 0.4) is 0 Å². The third-order valence-corrected chi connectivity index (χ3v) is 4.66. The molecule has 0 radical (unpaired) electrons. The normalized spacial score (nSPS) is 19.8. The molecule has 0 saturated carbocycles. The van der Waals surface area contributed by atoms with Crippen molar-refractivity contribution in [2.45, 2.75) is 6.10 Å². The minimum atomic E-state index is -0.975. The summed E-state index contributed by atoms with van der Waals surface area (Å²) in [6, 6.07) is 4.52. The molecule has 3 rings (SSSR count). The predicted octanol–water partition coefficient (Wildman–Crippen LogP) is 0.784. The summed E-state index contributed by atoms with van der Waals surface area (Å²) >= 11 is 4.72. The zero-order valence-electron chi connectivity index (χ0n) is 14.4. The second kappa shape index (κ2) is 7.82. The molecule has 1 atom stereocenters. The first kappa shape index (κ1) is 19.0. The Morgan fingerprint density at radius 1 is 1.37 bits per heavy atom. The number of carboxylic acid groups (broad SMARTS) is 1. The second-order valence-corrected chi connectivity index (χ2v) is 6.69. The molecule has 9 nitrogen and oxygen atoms in total. The van der Waals surface area contributed by atoms with Gasteiger partial charge >= 0.3 is 12.2 Å². The van der Waals surface area contributed by atoms with E-state index in [1.807, 2.05) is 0 Å². The maximum atomic E-state index is 14.6. The largest absolute Gasteiger partial charge is 0.465 e. The fourth-order valence-electron chi connectivity index (χ4n) is 3.11. The highest BCUT2D eigenvalue weighted by molar-refractivity contribution is 7.80. The molecular weight excluding hydrogens is 377 g/mol. The van der Waals surface area contributed by atoms with Gasteiger partial charge in [-0.05, 0) is 30.4 Å². The van der Waals surface area contributed by atoms with Crippen LogP contribution >= 0.6 is 12.2 Å². The fraction of sp³-hybridized carbons (Fsp3) is 0.438. The average molecular weight is 397 g/mol. The number of halogens is 1. The molecular formula is C16H20FN5O4S. The SMILES string of the molecule is NC(=S)NC[C@H]1CN(c2ccc(N3CCN(C(=O)O)CC3)c(F)c2)C(=O)O1. The van der Waals surface area contributed by atoms with Crippen LogP contribution < -0.4 is 20.9 Å². The molecule has 2 aliphatic heterocycles. The molecule has 2 saturated heterocycles. The lowest BCUT2D eigenvalue weighted by Crippen LogP contribution is -2.48. The van der Waals surface area contributed by atoms with Gasteiger partial charge in [0.25, 0.3) is 0 Å². The maximum Gasteiger partial charge on any atom is 0.414 e. The molecule has 4 N–H and O–H groups in total. The molecule has 1 aromatic carbocycles. The van der Waals surface area contributed by atoms with E-state index in [-0.39, 0.29) is 18.2 Å². The number of piperazine rings is 1. The zero-order chi connectivity index (χ0) is 19.6. The molecule has 1 aromatic rings. The minimum Gasteiger partial charge on any atom is -0.465 e. The molecule has 2 amide bonds. The van der Waals surface area contributed by atoms with Crippen LogP contribution in [-0.4, -0.2) is 72.7 Å². The van der Waals surface area contributed by atoms with Gasteiger partial charge in [-0.2, -0.15) is 0 Å². The number of anilines is 2. The Morgan fingerprint density at radius 2 is 2.07 bits per heavy atom. The molecule has 0 unspecified atom stereocenters. The van der Waals surface area contributed by atoms with E-state index in [9.17, 15) is 14.0 Å². The van der Waals surface area contributed by atoms with E-state index >= 15 is 0 Å². The Bertz CT molecular complexity index is 756. The smallest absolute Gasteiger partial charge is 0.414 e. The highest BCUT2D eigenvalue weighted by Gasteiger charge is 2.33. The number of benzene rings is 1. The van der Waals surface area contributed by atoms with Crippen molar-refractivity contribution in [2.24, 2.45) is 5.73 Å². The lowest BCUT2D eigenvalue weighted by Gasteiger charge is -2.34. The van der Waals surface area contributed by atoms with E-state index in [2.05, 4.69) is 5.32 Å². The summed E-state index contributed by atoms with van der Waals surface area (Å²) in [7, 11) is 0. The first-order valence-electron chi connectivity index (χ1n) is 8.39. The molecule has 11 heteroatoms. The van der Waals surface area contributed by atoms with Gasteiger partial charge in [0, 0.05) is 26.2 Å². The third kappa shape index (κ3) is 4.30. The van der Waals surface area contributed by atoms with Crippen LogP contribution in [0.15, 0.2) is 18.2 Å². The third-order valence-electron chi connectivity index (χ3n) is 4.51. The van der Waals surface area contributed by atoms with Crippen molar-refractivity contribution in [1.82, 2.24) is 10.2 Å². The van der Waals surface area contributed by atoms with Gasteiger partial charge in [-0.3, -0.25) is 4.90 Å². The zero-order valence-corrected chi connectivity index (χ0v) is 15.2. The van der Waals surface area contributed by atoms with Crippen LogP contribution in [0, 0.1) is 5.82 Å². The number of thiocarbonyl (C=S) groups is 1. The quantitative estimate of drug-likeness (QED) is 0.640. The summed E-state index contributed by atoms with van der Waals surface area (Å²) in [5.74, 6) is -0.478. The Balaban J connectivity index is 1.66. The Morgan fingerprint density at radius 3 is 2.67 bits per heavy atom. The number of hydrogen-bond acceptors (Lipinski definition) is 5. The predicted molar refractivity (Wildman–Crippen MR) is 101 cm³/mol. The van der Waals surface area contributed by atoms with Crippen molar-refractivity contribution in [3.8, 4) is 0 Å². The molecule has 2 heterocycles. The van der Waals surface area contributed by atoms with E-state index in [1.54, 1.807) is 17.0 Å². The Labute approximate surface area is 160 Å². The summed E-state index contributed by atoms with van der Waals surface area (Å²) in [5, 5.41) is 11.8. The summed E-state index contributed by atoms with van der Waals surface area (Å²) < 4.78 is 19.8.